The second kappa shape index (κ2) is 6.82. The molecule has 0 aromatic carbocycles. The van der Waals surface area contributed by atoms with E-state index in [9.17, 15) is 9.90 Å². The predicted octanol–water partition coefficient (Wildman–Crippen LogP) is 2.79. The number of aliphatic hydroxyl groups is 1. The Balaban J connectivity index is 2.26. The fraction of sp³-hybridized carbons (Fsp3) is 0.765. The van der Waals surface area contributed by atoms with Crippen molar-refractivity contribution in [2.24, 2.45) is 5.41 Å². The molecular formula is C17H29N3O2. The van der Waals surface area contributed by atoms with Crippen molar-refractivity contribution in [1.82, 2.24) is 14.7 Å². The molecule has 2 heterocycles. The highest BCUT2D eigenvalue weighted by molar-refractivity contribution is 5.93. The summed E-state index contributed by atoms with van der Waals surface area (Å²) in [6, 6.07) is 2.16. The minimum Gasteiger partial charge on any atom is -0.396 e. The van der Waals surface area contributed by atoms with E-state index in [1.165, 1.54) is 0 Å². The third-order valence-corrected chi connectivity index (χ3v) is 4.82. The normalized spacial score (nSPS) is 22.4. The summed E-state index contributed by atoms with van der Waals surface area (Å²) < 4.78 is 1.91. The first kappa shape index (κ1) is 17.0. The Morgan fingerprint density at radius 1 is 1.45 bits per heavy atom. The lowest BCUT2D eigenvalue weighted by Gasteiger charge is -2.39. The third-order valence-electron chi connectivity index (χ3n) is 4.82. The number of aromatic nitrogens is 2. The van der Waals surface area contributed by atoms with Crippen LogP contribution in [0.3, 0.4) is 0 Å². The van der Waals surface area contributed by atoms with Gasteiger partial charge in [-0.2, -0.15) is 5.10 Å². The quantitative estimate of drug-likeness (QED) is 0.910. The van der Waals surface area contributed by atoms with E-state index in [1.807, 2.05) is 22.6 Å². The second-order valence-electron chi connectivity index (χ2n) is 6.88. The molecule has 0 radical (unpaired) electrons. The van der Waals surface area contributed by atoms with Crippen LogP contribution in [0.5, 0.6) is 0 Å². The average Bonchev–Trinajstić information content (AvgIpc) is 2.89. The summed E-state index contributed by atoms with van der Waals surface area (Å²) in [7, 11) is 0. The van der Waals surface area contributed by atoms with Crippen molar-refractivity contribution >= 4 is 5.91 Å². The van der Waals surface area contributed by atoms with E-state index in [-0.39, 0.29) is 24.0 Å². The van der Waals surface area contributed by atoms with Crippen molar-refractivity contribution in [3.63, 3.8) is 0 Å². The number of carbonyl (C=O) groups excluding carboxylic acids is 1. The zero-order valence-electron chi connectivity index (χ0n) is 14.3. The molecule has 0 saturated carbocycles. The highest BCUT2D eigenvalue weighted by Crippen LogP contribution is 2.30. The molecule has 1 aromatic heterocycles. The summed E-state index contributed by atoms with van der Waals surface area (Å²) >= 11 is 0. The van der Waals surface area contributed by atoms with E-state index < -0.39 is 0 Å². The van der Waals surface area contributed by atoms with Gasteiger partial charge in [-0.25, -0.2) is 0 Å². The molecule has 1 aromatic rings. The fourth-order valence-corrected chi connectivity index (χ4v) is 3.37. The number of aryl methyl sites for hydroxylation is 1. The summed E-state index contributed by atoms with van der Waals surface area (Å²) in [4.78, 5) is 14.8. The van der Waals surface area contributed by atoms with Gasteiger partial charge in [-0.3, -0.25) is 9.48 Å². The van der Waals surface area contributed by atoms with Gasteiger partial charge in [0, 0.05) is 18.5 Å². The van der Waals surface area contributed by atoms with Crippen LogP contribution in [0.4, 0.5) is 0 Å². The Labute approximate surface area is 133 Å². The first-order valence-electron chi connectivity index (χ1n) is 8.40. The highest BCUT2D eigenvalue weighted by Gasteiger charge is 2.34. The Hall–Kier alpha value is -1.36. The number of hydrogen-bond acceptors (Lipinski definition) is 3. The molecule has 1 aliphatic heterocycles. The van der Waals surface area contributed by atoms with Crippen molar-refractivity contribution in [3.05, 3.63) is 17.5 Å². The number of likely N-dealkylation sites (tertiary alicyclic amines) is 1. The van der Waals surface area contributed by atoms with Gasteiger partial charge >= 0.3 is 0 Å². The van der Waals surface area contributed by atoms with Crippen molar-refractivity contribution in [2.75, 3.05) is 19.7 Å². The van der Waals surface area contributed by atoms with Gasteiger partial charge in [0.2, 0.25) is 0 Å². The molecule has 1 unspecified atom stereocenters. The monoisotopic (exact) mass is 307 g/mol. The topological polar surface area (TPSA) is 58.4 Å². The lowest BCUT2D eigenvalue weighted by Crippen LogP contribution is -2.47. The molecule has 1 N–H and O–H groups in total. The number of amides is 1. The molecule has 1 fully saturated rings. The van der Waals surface area contributed by atoms with Crippen LogP contribution in [-0.4, -0.2) is 45.4 Å². The van der Waals surface area contributed by atoms with Gasteiger partial charge in [-0.05, 0) is 38.7 Å². The van der Waals surface area contributed by atoms with Crippen LogP contribution in [0.15, 0.2) is 6.07 Å². The lowest BCUT2D eigenvalue weighted by molar-refractivity contribution is 0.0347. The average molecular weight is 307 g/mol. The van der Waals surface area contributed by atoms with Crippen LogP contribution in [0.1, 0.15) is 68.7 Å². The largest absolute Gasteiger partial charge is 0.396 e. The van der Waals surface area contributed by atoms with Gasteiger partial charge in [0.1, 0.15) is 5.69 Å². The Morgan fingerprint density at radius 2 is 2.14 bits per heavy atom. The maximum atomic E-state index is 13.0. The van der Waals surface area contributed by atoms with Crippen molar-refractivity contribution in [2.45, 2.75) is 59.4 Å². The maximum Gasteiger partial charge on any atom is 0.272 e. The third kappa shape index (κ3) is 3.35. The molecule has 124 valence electrons. The second-order valence-corrected chi connectivity index (χ2v) is 6.88. The van der Waals surface area contributed by atoms with E-state index in [4.69, 9.17) is 0 Å². The van der Waals surface area contributed by atoms with Crippen LogP contribution >= 0.6 is 0 Å². The number of nitrogens with zero attached hydrogens (tertiary/aromatic N) is 3. The minimum absolute atomic E-state index is 0.0480. The summed E-state index contributed by atoms with van der Waals surface area (Å²) in [6.07, 6.45) is 3.84. The van der Waals surface area contributed by atoms with Gasteiger partial charge in [-0.15, -0.1) is 0 Å². The molecule has 1 saturated heterocycles. The van der Waals surface area contributed by atoms with E-state index in [1.54, 1.807) is 0 Å². The zero-order chi connectivity index (χ0) is 16.3. The molecule has 1 atom stereocenters. The van der Waals surface area contributed by atoms with Gasteiger partial charge < -0.3 is 10.0 Å². The lowest BCUT2D eigenvalue weighted by atomic mass is 9.82. The van der Waals surface area contributed by atoms with Crippen molar-refractivity contribution < 1.29 is 9.90 Å². The smallest absolute Gasteiger partial charge is 0.272 e. The zero-order valence-corrected chi connectivity index (χ0v) is 14.3. The molecule has 5 heteroatoms. The molecule has 22 heavy (non-hydrogen) atoms. The Kier molecular flexibility index (Phi) is 5.27. The summed E-state index contributed by atoms with van der Waals surface area (Å²) in [5.74, 6) is 0.0480. The Morgan fingerprint density at radius 3 is 2.73 bits per heavy atom. The molecule has 0 spiro atoms. The van der Waals surface area contributed by atoms with E-state index in [0.717, 1.165) is 37.9 Å². The summed E-state index contributed by atoms with van der Waals surface area (Å²) in [5.41, 5.74) is 1.40. The van der Waals surface area contributed by atoms with E-state index in [0.29, 0.717) is 12.2 Å². The van der Waals surface area contributed by atoms with Crippen LogP contribution in [-0.2, 0) is 0 Å². The van der Waals surface area contributed by atoms with Gasteiger partial charge in [-0.1, -0.05) is 20.8 Å². The van der Waals surface area contributed by atoms with Gasteiger partial charge in [0.25, 0.3) is 5.91 Å². The van der Waals surface area contributed by atoms with Gasteiger partial charge in [0.15, 0.2) is 0 Å². The fourth-order valence-electron chi connectivity index (χ4n) is 3.37. The van der Waals surface area contributed by atoms with Crippen molar-refractivity contribution in [3.8, 4) is 0 Å². The number of piperidine rings is 1. The SMILES string of the molecule is CCC(CC)n1nc(C)cc1C(=O)N1CCCC(C)(CO)C1. The van der Waals surface area contributed by atoms with E-state index >= 15 is 0 Å². The molecule has 5 nitrogen and oxygen atoms in total. The van der Waals surface area contributed by atoms with Crippen LogP contribution in [0.25, 0.3) is 0 Å². The maximum absolute atomic E-state index is 13.0. The number of carbonyl (C=O) groups is 1. The molecule has 2 rings (SSSR count). The first-order chi connectivity index (χ1) is 10.4. The molecular weight excluding hydrogens is 278 g/mol. The van der Waals surface area contributed by atoms with Crippen molar-refractivity contribution in [1.29, 1.82) is 0 Å². The standard InChI is InChI=1S/C17H29N3O2/c1-5-14(6-2)20-15(10-13(3)18-20)16(22)19-9-7-8-17(4,11-19)12-21/h10,14,21H,5-9,11-12H2,1-4H3. The van der Waals surface area contributed by atoms with Crippen LogP contribution in [0, 0.1) is 12.3 Å². The van der Waals surface area contributed by atoms with E-state index in [2.05, 4.69) is 25.9 Å². The summed E-state index contributed by atoms with van der Waals surface area (Å²) in [6.45, 7) is 9.75. The predicted molar refractivity (Wildman–Crippen MR) is 86.9 cm³/mol. The van der Waals surface area contributed by atoms with Gasteiger partial charge in [0.05, 0.1) is 18.3 Å². The summed E-state index contributed by atoms with van der Waals surface area (Å²) in [5, 5.41) is 14.1. The molecule has 1 aliphatic rings. The first-order valence-corrected chi connectivity index (χ1v) is 8.40. The minimum atomic E-state index is -0.178. The Bertz CT molecular complexity index is 522. The molecule has 0 bridgehead atoms. The highest BCUT2D eigenvalue weighted by atomic mass is 16.3. The van der Waals surface area contributed by atoms with Crippen LogP contribution < -0.4 is 0 Å². The number of aliphatic hydroxyl groups excluding tert-OH is 1. The number of rotatable bonds is 5. The number of hydrogen-bond donors (Lipinski definition) is 1. The molecule has 1 amide bonds. The molecule has 0 aliphatic carbocycles. The van der Waals surface area contributed by atoms with Crippen LogP contribution in [0.2, 0.25) is 0 Å².